The number of rotatable bonds is 1. The molecule has 0 atom stereocenters. The molecule has 1 heterocycles. The zero-order valence-corrected chi connectivity index (χ0v) is 8.04. The van der Waals surface area contributed by atoms with Crippen molar-refractivity contribution in [2.24, 2.45) is 5.92 Å². The second-order valence-electron chi connectivity index (χ2n) is 3.34. The van der Waals surface area contributed by atoms with Crippen LogP contribution in [0.3, 0.4) is 0 Å². The average molecular weight is 174 g/mol. The molecule has 0 aliphatic rings. The van der Waals surface area contributed by atoms with E-state index in [2.05, 4.69) is 30.7 Å². The highest BCUT2D eigenvalue weighted by atomic mass is 14.8. The average Bonchev–Trinajstić information content (AvgIpc) is 2.08. The van der Waals surface area contributed by atoms with Crippen LogP contribution in [0.25, 0.3) is 0 Å². The summed E-state index contributed by atoms with van der Waals surface area (Å²) in [5.41, 5.74) is 6.45. The van der Waals surface area contributed by atoms with E-state index in [0.29, 0.717) is 11.7 Å². The summed E-state index contributed by atoms with van der Waals surface area (Å²) >= 11 is 0. The summed E-state index contributed by atoms with van der Waals surface area (Å²) < 4.78 is 0. The van der Waals surface area contributed by atoms with Gasteiger partial charge in [-0.1, -0.05) is 25.7 Å². The number of aromatic nitrogens is 1. The van der Waals surface area contributed by atoms with E-state index in [1.807, 2.05) is 12.1 Å². The topological polar surface area (TPSA) is 38.9 Å². The van der Waals surface area contributed by atoms with E-state index >= 15 is 0 Å². The molecule has 2 heteroatoms. The normalized spacial score (nSPS) is 9.46. The van der Waals surface area contributed by atoms with Gasteiger partial charge in [0.15, 0.2) is 0 Å². The Morgan fingerprint density at radius 2 is 2.31 bits per heavy atom. The molecule has 0 saturated carbocycles. The van der Waals surface area contributed by atoms with Gasteiger partial charge in [-0.2, -0.15) is 0 Å². The molecule has 0 fully saturated rings. The lowest BCUT2D eigenvalue weighted by Crippen LogP contribution is -1.92. The fourth-order valence-corrected chi connectivity index (χ4v) is 0.874. The summed E-state index contributed by atoms with van der Waals surface area (Å²) in [6.45, 7) is 4.28. The zero-order chi connectivity index (χ0) is 9.68. The Hall–Kier alpha value is -1.49. The van der Waals surface area contributed by atoms with E-state index in [9.17, 15) is 0 Å². The van der Waals surface area contributed by atoms with Crippen molar-refractivity contribution in [3.63, 3.8) is 0 Å². The summed E-state index contributed by atoms with van der Waals surface area (Å²) in [4.78, 5) is 3.95. The number of hydrogen-bond acceptors (Lipinski definition) is 2. The van der Waals surface area contributed by atoms with Crippen LogP contribution < -0.4 is 5.73 Å². The van der Waals surface area contributed by atoms with E-state index in [-0.39, 0.29) is 0 Å². The van der Waals surface area contributed by atoms with Crippen LogP contribution in [0.5, 0.6) is 0 Å². The number of nitrogen functional groups attached to an aromatic ring is 1. The molecule has 0 spiro atoms. The van der Waals surface area contributed by atoms with Crippen molar-refractivity contribution >= 4 is 5.82 Å². The van der Waals surface area contributed by atoms with Crippen LogP contribution in [0, 0.1) is 17.8 Å². The monoisotopic (exact) mass is 174 g/mol. The van der Waals surface area contributed by atoms with Crippen LogP contribution in [0.2, 0.25) is 0 Å². The second-order valence-corrected chi connectivity index (χ2v) is 3.34. The Morgan fingerprint density at radius 3 is 2.92 bits per heavy atom. The third-order valence-corrected chi connectivity index (χ3v) is 1.57. The van der Waals surface area contributed by atoms with Crippen molar-refractivity contribution < 1.29 is 0 Å². The van der Waals surface area contributed by atoms with Crippen molar-refractivity contribution in [3.05, 3.63) is 23.9 Å². The molecule has 13 heavy (non-hydrogen) atoms. The Kier molecular flexibility index (Phi) is 3.33. The third-order valence-electron chi connectivity index (χ3n) is 1.57. The SMILES string of the molecule is CC(C)CC#Cc1cccnc1N. The first-order valence-corrected chi connectivity index (χ1v) is 4.39. The van der Waals surface area contributed by atoms with E-state index in [1.165, 1.54) is 0 Å². The third kappa shape index (κ3) is 3.16. The lowest BCUT2D eigenvalue weighted by atomic mass is 10.1. The van der Waals surface area contributed by atoms with Gasteiger partial charge < -0.3 is 5.73 Å². The summed E-state index contributed by atoms with van der Waals surface area (Å²) in [5, 5.41) is 0. The molecule has 2 N–H and O–H groups in total. The highest BCUT2D eigenvalue weighted by molar-refractivity contribution is 5.49. The van der Waals surface area contributed by atoms with E-state index in [0.717, 1.165) is 12.0 Å². The lowest BCUT2D eigenvalue weighted by molar-refractivity contribution is 0.676. The van der Waals surface area contributed by atoms with Gasteiger partial charge in [0.2, 0.25) is 0 Å². The Bertz CT molecular complexity index is 331. The summed E-state index contributed by atoms with van der Waals surface area (Å²) in [5.74, 6) is 7.19. The predicted molar refractivity (Wildman–Crippen MR) is 55.0 cm³/mol. The molecule has 1 aromatic rings. The maximum Gasteiger partial charge on any atom is 0.139 e. The molecule has 1 rings (SSSR count). The number of nitrogens with two attached hydrogens (primary N) is 1. The molecule has 0 aliphatic carbocycles. The highest BCUT2D eigenvalue weighted by Gasteiger charge is 1.93. The standard InChI is InChI=1S/C11H14N2/c1-9(2)5-3-6-10-7-4-8-13-11(10)12/h4,7-9H,5H2,1-2H3,(H2,12,13). The van der Waals surface area contributed by atoms with Gasteiger partial charge in [-0.15, -0.1) is 0 Å². The van der Waals surface area contributed by atoms with Gasteiger partial charge >= 0.3 is 0 Å². The first-order chi connectivity index (χ1) is 6.20. The summed E-state index contributed by atoms with van der Waals surface area (Å²) in [6, 6.07) is 3.73. The van der Waals surface area contributed by atoms with E-state index in [1.54, 1.807) is 6.20 Å². The van der Waals surface area contributed by atoms with Gasteiger partial charge in [0.25, 0.3) is 0 Å². The predicted octanol–water partition coefficient (Wildman–Crippen LogP) is 2.06. The van der Waals surface area contributed by atoms with Gasteiger partial charge in [0.1, 0.15) is 5.82 Å². The Labute approximate surface area is 79.2 Å². The molecular weight excluding hydrogens is 160 g/mol. The van der Waals surface area contributed by atoms with Crippen LogP contribution in [0.1, 0.15) is 25.8 Å². The molecule has 0 radical (unpaired) electrons. The molecule has 0 aromatic carbocycles. The number of anilines is 1. The van der Waals surface area contributed by atoms with Crippen LogP contribution in [-0.2, 0) is 0 Å². The molecule has 0 unspecified atom stereocenters. The molecular formula is C11H14N2. The maximum absolute atomic E-state index is 5.62. The Morgan fingerprint density at radius 1 is 1.54 bits per heavy atom. The minimum Gasteiger partial charge on any atom is -0.383 e. The van der Waals surface area contributed by atoms with Gasteiger partial charge in [0.05, 0.1) is 5.56 Å². The first-order valence-electron chi connectivity index (χ1n) is 4.39. The van der Waals surface area contributed by atoms with Crippen LogP contribution in [0.4, 0.5) is 5.82 Å². The number of pyridine rings is 1. The summed E-state index contributed by atoms with van der Waals surface area (Å²) in [7, 11) is 0. The summed E-state index contributed by atoms with van der Waals surface area (Å²) in [6.07, 6.45) is 2.57. The number of hydrogen-bond donors (Lipinski definition) is 1. The second kappa shape index (κ2) is 4.51. The molecule has 2 nitrogen and oxygen atoms in total. The van der Waals surface area contributed by atoms with E-state index < -0.39 is 0 Å². The molecule has 68 valence electrons. The van der Waals surface area contributed by atoms with E-state index in [4.69, 9.17) is 5.73 Å². The van der Waals surface area contributed by atoms with Gasteiger partial charge in [-0.3, -0.25) is 0 Å². The maximum atomic E-state index is 5.62. The fourth-order valence-electron chi connectivity index (χ4n) is 0.874. The molecule has 0 amide bonds. The smallest absolute Gasteiger partial charge is 0.139 e. The van der Waals surface area contributed by atoms with Crippen LogP contribution in [-0.4, -0.2) is 4.98 Å². The largest absolute Gasteiger partial charge is 0.383 e. The minimum absolute atomic E-state index is 0.513. The first kappa shape index (κ1) is 9.60. The molecule has 0 bridgehead atoms. The van der Waals surface area contributed by atoms with Gasteiger partial charge in [-0.25, -0.2) is 4.98 Å². The van der Waals surface area contributed by atoms with Gasteiger partial charge in [-0.05, 0) is 18.1 Å². The fraction of sp³-hybridized carbons (Fsp3) is 0.364. The lowest BCUT2D eigenvalue weighted by Gasteiger charge is -1.95. The van der Waals surface area contributed by atoms with Crippen molar-refractivity contribution in [3.8, 4) is 11.8 Å². The molecule has 0 aliphatic heterocycles. The quantitative estimate of drug-likeness (QED) is 0.662. The van der Waals surface area contributed by atoms with Crippen molar-refractivity contribution in [1.82, 2.24) is 4.98 Å². The zero-order valence-electron chi connectivity index (χ0n) is 8.04. The van der Waals surface area contributed by atoms with Crippen molar-refractivity contribution in [2.45, 2.75) is 20.3 Å². The van der Waals surface area contributed by atoms with Crippen LogP contribution >= 0.6 is 0 Å². The minimum atomic E-state index is 0.513. The Balaban J connectivity index is 2.72. The van der Waals surface area contributed by atoms with Crippen LogP contribution in [0.15, 0.2) is 18.3 Å². The highest BCUT2D eigenvalue weighted by Crippen LogP contribution is 2.04. The van der Waals surface area contributed by atoms with Crippen molar-refractivity contribution in [1.29, 1.82) is 0 Å². The number of nitrogens with zero attached hydrogens (tertiary/aromatic N) is 1. The molecule has 0 saturated heterocycles. The van der Waals surface area contributed by atoms with Crippen molar-refractivity contribution in [2.75, 3.05) is 5.73 Å². The van der Waals surface area contributed by atoms with Gasteiger partial charge in [0, 0.05) is 12.6 Å². The molecule has 1 aromatic heterocycles.